The molecule has 72 valence electrons. The zero-order valence-electron chi connectivity index (χ0n) is 7.80. The van der Waals surface area contributed by atoms with Gasteiger partial charge in [-0.05, 0) is 25.9 Å². The van der Waals surface area contributed by atoms with E-state index in [9.17, 15) is 4.79 Å². The second kappa shape index (κ2) is 7.06. The fraction of sp³-hybridized carbons (Fsp3) is 0.875. The highest BCUT2D eigenvalue weighted by Crippen LogP contribution is 1.89. The van der Waals surface area contributed by atoms with Gasteiger partial charge in [-0.25, -0.2) is 0 Å². The molecular weight excluding hydrogens is 156 g/mol. The highest BCUT2D eigenvalue weighted by molar-refractivity contribution is 5.75. The van der Waals surface area contributed by atoms with Gasteiger partial charge in [-0.3, -0.25) is 4.79 Å². The lowest BCUT2D eigenvalue weighted by molar-refractivity contribution is -0.142. The topological polar surface area (TPSA) is 64.3 Å². The van der Waals surface area contributed by atoms with E-state index in [2.05, 4.69) is 17.0 Å². The average Bonchev–Trinajstić information content (AvgIpc) is 2.10. The number of nitrogens with two attached hydrogens (primary N) is 1. The minimum atomic E-state index is -0.487. The lowest BCUT2D eigenvalue weighted by Gasteiger charge is -2.08. The Bertz CT molecular complexity index is 128. The van der Waals surface area contributed by atoms with E-state index in [1.807, 2.05) is 0 Å². The Morgan fingerprint density at radius 1 is 1.58 bits per heavy atom. The van der Waals surface area contributed by atoms with Crippen molar-refractivity contribution in [3.05, 3.63) is 0 Å². The molecule has 0 aromatic rings. The lowest BCUT2D eigenvalue weighted by Crippen LogP contribution is -2.34. The number of hydrogen-bond donors (Lipinski definition) is 2. The van der Waals surface area contributed by atoms with Gasteiger partial charge in [0, 0.05) is 0 Å². The third-order valence-electron chi connectivity index (χ3n) is 1.56. The molecule has 4 heteroatoms. The van der Waals surface area contributed by atoms with Crippen LogP contribution in [0.5, 0.6) is 0 Å². The number of methoxy groups -OCH3 is 1. The van der Waals surface area contributed by atoms with E-state index in [1.54, 1.807) is 0 Å². The summed E-state index contributed by atoms with van der Waals surface area (Å²) in [6.07, 6.45) is 1.72. The maximum atomic E-state index is 10.8. The first-order valence-electron chi connectivity index (χ1n) is 4.26. The number of esters is 1. The molecule has 0 aliphatic carbocycles. The zero-order valence-corrected chi connectivity index (χ0v) is 7.80. The van der Waals surface area contributed by atoms with E-state index >= 15 is 0 Å². The Labute approximate surface area is 73.5 Å². The van der Waals surface area contributed by atoms with Crippen molar-refractivity contribution < 1.29 is 9.53 Å². The van der Waals surface area contributed by atoms with Crippen LogP contribution in [0.15, 0.2) is 0 Å². The number of hydrogen-bond acceptors (Lipinski definition) is 4. The summed E-state index contributed by atoms with van der Waals surface area (Å²) in [5, 5.41) is 3.16. The largest absolute Gasteiger partial charge is 0.468 e. The number of carbonyl (C=O) groups is 1. The van der Waals surface area contributed by atoms with Gasteiger partial charge < -0.3 is 15.8 Å². The number of carbonyl (C=O) groups excluding carboxylic acids is 1. The Balaban J connectivity index is 3.31. The Morgan fingerprint density at radius 3 is 2.75 bits per heavy atom. The van der Waals surface area contributed by atoms with E-state index in [1.165, 1.54) is 7.11 Å². The number of nitrogens with one attached hydrogen (secondary N) is 1. The van der Waals surface area contributed by atoms with Crippen molar-refractivity contribution in [3.8, 4) is 0 Å². The maximum absolute atomic E-state index is 10.8. The Morgan fingerprint density at radius 2 is 2.25 bits per heavy atom. The first kappa shape index (κ1) is 11.4. The monoisotopic (exact) mass is 174 g/mol. The highest BCUT2D eigenvalue weighted by atomic mass is 16.5. The molecule has 0 spiro atoms. The van der Waals surface area contributed by atoms with Gasteiger partial charge in [0.25, 0.3) is 0 Å². The molecule has 1 unspecified atom stereocenters. The van der Waals surface area contributed by atoms with Crippen LogP contribution in [0.4, 0.5) is 0 Å². The van der Waals surface area contributed by atoms with Crippen molar-refractivity contribution >= 4 is 5.97 Å². The molecule has 0 fully saturated rings. The predicted octanol–water partition coefficient (Wildman–Crippen LogP) is -0.124. The fourth-order valence-electron chi connectivity index (χ4n) is 0.829. The van der Waals surface area contributed by atoms with E-state index in [0.717, 1.165) is 19.5 Å². The first-order chi connectivity index (χ1) is 5.72. The van der Waals surface area contributed by atoms with Crippen LogP contribution in [0.25, 0.3) is 0 Å². The summed E-state index contributed by atoms with van der Waals surface area (Å²) in [7, 11) is 1.35. The molecule has 0 radical (unpaired) electrons. The number of ether oxygens (including phenoxy) is 1. The smallest absolute Gasteiger partial charge is 0.322 e. The van der Waals surface area contributed by atoms with Gasteiger partial charge in [-0.1, -0.05) is 6.92 Å². The molecule has 4 nitrogen and oxygen atoms in total. The molecule has 0 aliphatic rings. The van der Waals surface area contributed by atoms with Crippen molar-refractivity contribution in [2.75, 3.05) is 20.2 Å². The molecular formula is C8H18N2O2. The molecule has 0 aliphatic heterocycles. The van der Waals surface area contributed by atoms with Crippen molar-refractivity contribution in [3.63, 3.8) is 0 Å². The molecule has 0 rings (SSSR count). The third-order valence-corrected chi connectivity index (χ3v) is 1.56. The molecule has 0 saturated heterocycles. The maximum Gasteiger partial charge on any atom is 0.322 e. The normalized spacial score (nSPS) is 12.6. The van der Waals surface area contributed by atoms with E-state index < -0.39 is 6.04 Å². The molecule has 0 amide bonds. The quantitative estimate of drug-likeness (QED) is 0.435. The summed E-state index contributed by atoms with van der Waals surface area (Å²) >= 11 is 0. The van der Waals surface area contributed by atoms with Crippen molar-refractivity contribution in [2.45, 2.75) is 25.8 Å². The molecule has 0 saturated carbocycles. The van der Waals surface area contributed by atoms with Crippen LogP contribution in [-0.2, 0) is 9.53 Å². The van der Waals surface area contributed by atoms with Gasteiger partial charge in [-0.2, -0.15) is 0 Å². The van der Waals surface area contributed by atoms with Gasteiger partial charge in [-0.15, -0.1) is 0 Å². The highest BCUT2D eigenvalue weighted by Gasteiger charge is 2.11. The molecule has 0 bridgehead atoms. The van der Waals surface area contributed by atoms with Crippen LogP contribution in [0.3, 0.4) is 0 Å². The number of rotatable bonds is 6. The summed E-state index contributed by atoms with van der Waals surface area (Å²) in [4.78, 5) is 10.8. The van der Waals surface area contributed by atoms with E-state index in [-0.39, 0.29) is 5.97 Å². The predicted molar refractivity (Wildman–Crippen MR) is 47.8 cm³/mol. The van der Waals surface area contributed by atoms with Gasteiger partial charge in [0.1, 0.15) is 6.04 Å². The summed E-state index contributed by atoms with van der Waals surface area (Å²) in [5.74, 6) is -0.340. The van der Waals surface area contributed by atoms with Crippen LogP contribution in [-0.4, -0.2) is 32.2 Å². The van der Waals surface area contributed by atoms with Crippen LogP contribution in [0.1, 0.15) is 19.8 Å². The second-order valence-corrected chi connectivity index (χ2v) is 2.67. The minimum Gasteiger partial charge on any atom is -0.468 e. The van der Waals surface area contributed by atoms with Gasteiger partial charge >= 0.3 is 5.97 Å². The van der Waals surface area contributed by atoms with Gasteiger partial charge in [0.2, 0.25) is 0 Å². The van der Waals surface area contributed by atoms with Gasteiger partial charge in [0.15, 0.2) is 0 Å². The summed E-state index contributed by atoms with van der Waals surface area (Å²) in [5.41, 5.74) is 5.50. The average molecular weight is 174 g/mol. The molecule has 3 N–H and O–H groups in total. The standard InChI is InChI=1S/C8H18N2O2/c1-3-5-10-6-4-7(9)8(11)12-2/h7,10H,3-6,9H2,1-2H3. The van der Waals surface area contributed by atoms with Crippen molar-refractivity contribution in [1.29, 1.82) is 0 Å². The van der Waals surface area contributed by atoms with Crippen LogP contribution >= 0.6 is 0 Å². The van der Waals surface area contributed by atoms with E-state index in [4.69, 9.17) is 5.73 Å². The first-order valence-corrected chi connectivity index (χ1v) is 4.26. The SMILES string of the molecule is CCCNCCC(N)C(=O)OC. The van der Waals surface area contributed by atoms with Crippen molar-refractivity contribution in [2.24, 2.45) is 5.73 Å². The van der Waals surface area contributed by atoms with Crippen LogP contribution < -0.4 is 11.1 Å². The molecule has 0 aromatic heterocycles. The fourth-order valence-corrected chi connectivity index (χ4v) is 0.829. The Hall–Kier alpha value is -0.610. The third kappa shape index (κ3) is 5.09. The summed E-state index contributed by atoms with van der Waals surface area (Å²) in [6, 6.07) is -0.487. The van der Waals surface area contributed by atoms with Crippen molar-refractivity contribution in [1.82, 2.24) is 5.32 Å². The van der Waals surface area contributed by atoms with Gasteiger partial charge in [0.05, 0.1) is 7.11 Å². The minimum absolute atomic E-state index is 0.340. The van der Waals surface area contributed by atoms with Crippen LogP contribution in [0, 0.1) is 0 Å². The molecule has 1 atom stereocenters. The second-order valence-electron chi connectivity index (χ2n) is 2.67. The lowest BCUT2D eigenvalue weighted by atomic mass is 10.2. The zero-order chi connectivity index (χ0) is 9.40. The van der Waals surface area contributed by atoms with Crippen LogP contribution in [0.2, 0.25) is 0 Å². The summed E-state index contributed by atoms with van der Waals surface area (Å²) < 4.78 is 4.48. The molecule has 0 aromatic carbocycles. The molecule has 0 heterocycles. The molecule has 12 heavy (non-hydrogen) atoms. The summed E-state index contributed by atoms with van der Waals surface area (Å²) in [6.45, 7) is 3.82. The Kier molecular flexibility index (Phi) is 6.70. The van der Waals surface area contributed by atoms with E-state index in [0.29, 0.717) is 6.42 Å².